The summed E-state index contributed by atoms with van der Waals surface area (Å²) in [7, 11) is 0. The molecule has 1 aliphatic rings. The van der Waals surface area contributed by atoms with Crippen LogP contribution in [0.5, 0.6) is 0 Å². The molecule has 1 amide bonds. The SMILES string of the molecule is O=C(O)/C(=C/c1ccccc1)CC(=O)N1CCCCC1. The molecule has 2 rings (SSSR count). The number of aliphatic carboxylic acids is 1. The molecule has 1 aromatic rings. The van der Waals surface area contributed by atoms with Gasteiger partial charge in [-0.3, -0.25) is 4.79 Å². The van der Waals surface area contributed by atoms with E-state index >= 15 is 0 Å². The average Bonchev–Trinajstić information content (AvgIpc) is 2.48. The Hall–Kier alpha value is -2.10. The van der Waals surface area contributed by atoms with Gasteiger partial charge in [0, 0.05) is 18.7 Å². The van der Waals surface area contributed by atoms with E-state index in [9.17, 15) is 14.7 Å². The molecule has 1 aliphatic heterocycles. The number of benzene rings is 1. The number of carboxylic acid groups (broad SMARTS) is 1. The first-order valence-electron chi connectivity index (χ1n) is 6.93. The summed E-state index contributed by atoms with van der Waals surface area (Å²) in [4.78, 5) is 25.2. The third-order valence-corrected chi connectivity index (χ3v) is 3.47. The first kappa shape index (κ1) is 14.3. The van der Waals surface area contributed by atoms with Gasteiger partial charge in [0.2, 0.25) is 5.91 Å². The van der Waals surface area contributed by atoms with Gasteiger partial charge in [-0.15, -0.1) is 0 Å². The Morgan fingerprint density at radius 1 is 1.10 bits per heavy atom. The van der Waals surface area contributed by atoms with E-state index in [2.05, 4.69) is 0 Å². The van der Waals surface area contributed by atoms with Gasteiger partial charge in [0.15, 0.2) is 0 Å². The van der Waals surface area contributed by atoms with Gasteiger partial charge < -0.3 is 10.0 Å². The molecule has 1 heterocycles. The maximum Gasteiger partial charge on any atom is 0.332 e. The fraction of sp³-hybridized carbons (Fsp3) is 0.375. The van der Waals surface area contributed by atoms with Gasteiger partial charge in [0.05, 0.1) is 6.42 Å². The highest BCUT2D eigenvalue weighted by molar-refractivity contribution is 5.98. The van der Waals surface area contributed by atoms with Crippen LogP contribution in [0.15, 0.2) is 35.9 Å². The number of carbonyl (C=O) groups is 2. The molecule has 106 valence electrons. The van der Waals surface area contributed by atoms with Crippen molar-refractivity contribution in [1.82, 2.24) is 4.90 Å². The van der Waals surface area contributed by atoms with Crippen LogP contribution in [0, 0.1) is 0 Å². The molecule has 0 radical (unpaired) electrons. The summed E-state index contributed by atoms with van der Waals surface area (Å²) in [5, 5.41) is 9.24. The summed E-state index contributed by atoms with van der Waals surface area (Å²) < 4.78 is 0. The largest absolute Gasteiger partial charge is 0.478 e. The summed E-state index contributed by atoms with van der Waals surface area (Å²) in [6.07, 6.45) is 4.71. The van der Waals surface area contributed by atoms with Crippen LogP contribution in [0.25, 0.3) is 6.08 Å². The third kappa shape index (κ3) is 3.95. The van der Waals surface area contributed by atoms with Gasteiger partial charge in [-0.05, 0) is 30.9 Å². The van der Waals surface area contributed by atoms with Crippen LogP contribution >= 0.6 is 0 Å². The summed E-state index contributed by atoms with van der Waals surface area (Å²) >= 11 is 0. The zero-order valence-electron chi connectivity index (χ0n) is 11.4. The minimum atomic E-state index is -1.03. The summed E-state index contributed by atoms with van der Waals surface area (Å²) in [5.74, 6) is -1.12. The molecule has 0 unspecified atom stereocenters. The smallest absolute Gasteiger partial charge is 0.332 e. The van der Waals surface area contributed by atoms with Crippen LogP contribution in [-0.2, 0) is 9.59 Å². The number of carboxylic acids is 1. The van der Waals surface area contributed by atoms with Crippen LogP contribution in [0.4, 0.5) is 0 Å². The van der Waals surface area contributed by atoms with Gasteiger partial charge in [-0.25, -0.2) is 4.79 Å². The molecule has 0 atom stereocenters. The average molecular weight is 273 g/mol. The van der Waals surface area contributed by atoms with Crippen LogP contribution in [0.3, 0.4) is 0 Å². The molecule has 1 fully saturated rings. The first-order chi connectivity index (χ1) is 9.66. The van der Waals surface area contributed by atoms with Crippen molar-refractivity contribution in [2.24, 2.45) is 0 Å². The molecule has 1 saturated heterocycles. The molecule has 20 heavy (non-hydrogen) atoms. The Bertz CT molecular complexity index is 502. The number of carbonyl (C=O) groups excluding carboxylic acids is 1. The van der Waals surface area contributed by atoms with Crippen molar-refractivity contribution in [3.8, 4) is 0 Å². The molecule has 0 spiro atoms. The van der Waals surface area contributed by atoms with Gasteiger partial charge in [0.25, 0.3) is 0 Å². The maximum atomic E-state index is 12.1. The Balaban J connectivity index is 2.08. The number of piperidine rings is 1. The highest BCUT2D eigenvalue weighted by Crippen LogP contribution is 2.15. The van der Waals surface area contributed by atoms with Crippen LogP contribution in [0.1, 0.15) is 31.2 Å². The molecule has 0 aromatic heterocycles. The number of nitrogens with zero attached hydrogens (tertiary/aromatic N) is 1. The lowest BCUT2D eigenvalue weighted by Gasteiger charge is -2.26. The van der Waals surface area contributed by atoms with Crippen LogP contribution in [-0.4, -0.2) is 35.0 Å². The second-order valence-electron chi connectivity index (χ2n) is 5.00. The van der Waals surface area contributed by atoms with Gasteiger partial charge >= 0.3 is 5.97 Å². The van der Waals surface area contributed by atoms with E-state index in [1.165, 1.54) is 0 Å². The summed E-state index contributed by atoms with van der Waals surface area (Å²) in [6, 6.07) is 9.22. The van der Waals surface area contributed by atoms with E-state index in [1.54, 1.807) is 11.0 Å². The van der Waals surface area contributed by atoms with Crippen LogP contribution < -0.4 is 0 Å². The summed E-state index contributed by atoms with van der Waals surface area (Å²) in [5.41, 5.74) is 0.947. The fourth-order valence-corrected chi connectivity index (χ4v) is 2.36. The lowest BCUT2D eigenvalue weighted by Crippen LogP contribution is -2.36. The number of rotatable bonds is 4. The molecule has 1 aromatic carbocycles. The van der Waals surface area contributed by atoms with Crippen molar-refractivity contribution in [3.63, 3.8) is 0 Å². The van der Waals surface area contributed by atoms with Crippen LogP contribution in [0.2, 0.25) is 0 Å². The van der Waals surface area contributed by atoms with E-state index < -0.39 is 5.97 Å². The van der Waals surface area contributed by atoms with E-state index in [0.717, 1.165) is 37.9 Å². The lowest BCUT2D eigenvalue weighted by molar-refractivity contribution is -0.136. The normalized spacial score (nSPS) is 16.0. The Labute approximate surface area is 118 Å². The van der Waals surface area contributed by atoms with E-state index in [-0.39, 0.29) is 17.9 Å². The molecule has 1 N–H and O–H groups in total. The zero-order chi connectivity index (χ0) is 14.4. The van der Waals surface area contributed by atoms with Crippen molar-refractivity contribution < 1.29 is 14.7 Å². The maximum absolute atomic E-state index is 12.1. The number of likely N-dealkylation sites (tertiary alicyclic amines) is 1. The van der Waals surface area contributed by atoms with Gasteiger partial charge in [0.1, 0.15) is 0 Å². The van der Waals surface area contributed by atoms with Crippen molar-refractivity contribution in [3.05, 3.63) is 41.5 Å². The van der Waals surface area contributed by atoms with Crippen molar-refractivity contribution in [1.29, 1.82) is 0 Å². The van der Waals surface area contributed by atoms with E-state index in [1.807, 2.05) is 30.3 Å². The molecule has 4 heteroatoms. The third-order valence-electron chi connectivity index (χ3n) is 3.47. The second-order valence-corrected chi connectivity index (χ2v) is 5.00. The molecule has 0 saturated carbocycles. The number of hydrogen-bond donors (Lipinski definition) is 1. The zero-order valence-corrected chi connectivity index (χ0v) is 11.4. The Morgan fingerprint density at radius 2 is 1.75 bits per heavy atom. The van der Waals surface area contributed by atoms with Crippen molar-refractivity contribution in [2.45, 2.75) is 25.7 Å². The second kappa shape index (κ2) is 6.89. The standard InChI is InChI=1S/C16H19NO3/c18-15(17-9-5-2-6-10-17)12-14(16(19)20)11-13-7-3-1-4-8-13/h1,3-4,7-8,11H,2,5-6,9-10,12H2,(H,19,20)/b14-11+. The monoisotopic (exact) mass is 273 g/mol. The number of hydrogen-bond acceptors (Lipinski definition) is 2. The minimum Gasteiger partial charge on any atom is -0.478 e. The lowest BCUT2D eigenvalue weighted by atomic mass is 10.1. The molecule has 4 nitrogen and oxygen atoms in total. The Morgan fingerprint density at radius 3 is 2.35 bits per heavy atom. The summed E-state index contributed by atoms with van der Waals surface area (Å²) in [6.45, 7) is 1.49. The highest BCUT2D eigenvalue weighted by atomic mass is 16.4. The quantitative estimate of drug-likeness (QED) is 0.858. The first-order valence-corrected chi connectivity index (χ1v) is 6.93. The van der Waals surface area contributed by atoms with E-state index in [0.29, 0.717) is 0 Å². The predicted molar refractivity (Wildman–Crippen MR) is 77.1 cm³/mol. The fourth-order valence-electron chi connectivity index (χ4n) is 2.36. The molecule has 0 bridgehead atoms. The van der Waals surface area contributed by atoms with Crippen molar-refractivity contribution in [2.75, 3.05) is 13.1 Å². The van der Waals surface area contributed by atoms with E-state index in [4.69, 9.17) is 0 Å². The van der Waals surface area contributed by atoms with Crippen molar-refractivity contribution >= 4 is 18.0 Å². The van der Waals surface area contributed by atoms with Gasteiger partial charge in [-0.1, -0.05) is 30.3 Å². The van der Waals surface area contributed by atoms with Gasteiger partial charge in [-0.2, -0.15) is 0 Å². The molecular weight excluding hydrogens is 254 g/mol. The predicted octanol–water partition coefficient (Wildman–Crippen LogP) is 2.56. The topological polar surface area (TPSA) is 57.6 Å². The molecular formula is C16H19NO3. The Kier molecular flexibility index (Phi) is 4.93. The minimum absolute atomic E-state index is 0.0375. The highest BCUT2D eigenvalue weighted by Gasteiger charge is 2.20. The number of amides is 1. The molecule has 0 aliphatic carbocycles.